The van der Waals surface area contributed by atoms with E-state index in [0.29, 0.717) is 0 Å². The van der Waals surface area contributed by atoms with E-state index in [-0.39, 0.29) is 0 Å². The number of unbranched alkanes of at least 4 members (excludes halogenated alkanes) is 3. The van der Waals surface area contributed by atoms with Crippen molar-refractivity contribution >= 4 is 5.97 Å². The summed E-state index contributed by atoms with van der Waals surface area (Å²) >= 11 is 0. The minimum absolute atomic E-state index is 0.794. The zero-order chi connectivity index (χ0) is 13.5. The molecule has 0 aromatic rings. The Balaban J connectivity index is 3.35. The van der Waals surface area contributed by atoms with Crippen LogP contribution in [0.25, 0.3) is 0 Å². The molecule has 0 saturated carbocycles. The Morgan fingerprint density at radius 3 is 1.56 bits per heavy atom. The number of hydrogen-bond acceptors (Lipinski definition) is 1. The van der Waals surface area contributed by atoms with Gasteiger partial charge in [-0.1, -0.05) is 42.5 Å². The first kappa shape index (κ1) is 16.4. The molecule has 2 heteroatoms. The molecule has 0 atom stereocenters. The van der Waals surface area contributed by atoms with E-state index in [4.69, 9.17) is 5.11 Å². The van der Waals surface area contributed by atoms with Crippen molar-refractivity contribution in [1.82, 2.24) is 0 Å². The van der Waals surface area contributed by atoms with Crippen LogP contribution in [0.1, 0.15) is 45.4 Å². The molecule has 0 unspecified atom stereocenters. The molecule has 0 aliphatic rings. The molecule has 0 radical (unpaired) electrons. The first-order valence-electron chi connectivity index (χ1n) is 6.58. The minimum atomic E-state index is -0.873. The lowest BCUT2D eigenvalue weighted by Crippen LogP contribution is -1.85. The lowest BCUT2D eigenvalue weighted by molar-refractivity contribution is -0.131. The van der Waals surface area contributed by atoms with Gasteiger partial charge in [0.15, 0.2) is 0 Å². The summed E-state index contributed by atoms with van der Waals surface area (Å²) < 4.78 is 0. The summed E-state index contributed by atoms with van der Waals surface area (Å²) in [5.74, 6) is -0.873. The fourth-order valence-electron chi connectivity index (χ4n) is 1.40. The van der Waals surface area contributed by atoms with Gasteiger partial charge < -0.3 is 5.11 Å². The van der Waals surface area contributed by atoms with Crippen LogP contribution in [-0.4, -0.2) is 11.1 Å². The first-order chi connectivity index (χ1) is 8.77. The van der Waals surface area contributed by atoms with E-state index in [2.05, 4.69) is 36.5 Å². The number of carbonyl (C=O) groups is 1. The maximum atomic E-state index is 10.2. The highest BCUT2D eigenvalue weighted by atomic mass is 16.4. The van der Waals surface area contributed by atoms with Crippen molar-refractivity contribution in [2.24, 2.45) is 0 Å². The van der Waals surface area contributed by atoms with Gasteiger partial charge in [-0.25, -0.2) is 4.79 Å². The molecule has 100 valence electrons. The Morgan fingerprint density at radius 1 is 0.778 bits per heavy atom. The second-order valence-corrected chi connectivity index (χ2v) is 3.98. The van der Waals surface area contributed by atoms with Crippen LogP contribution in [0.4, 0.5) is 0 Å². The summed E-state index contributed by atoms with van der Waals surface area (Å²) in [5.41, 5.74) is 0. The van der Waals surface area contributed by atoms with Gasteiger partial charge in [0, 0.05) is 6.08 Å². The molecular formula is C16H24O2. The first-order valence-corrected chi connectivity index (χ1v) is 6.58. The number of carboxylic acids is 1. The minimum Gasteiger partial charge on any atom is -0.478 e. The van der Waals surface area contributed by atoms with Gasteiger partial charge in [-0.15, -0.1) is 0 Å². The van der Waals surface area contributed by atoms with E-state index < -0.39 is 5.97 Å². The standard InChI is InChI=1S/C16H24O2/c1-2-3-4-5-6-7-8-9-10-11-12-13-14-15-16(17)18/h2-3,6-7,10-11,14-15H,4-5,8-9,12-13H2,1H3,(H,17,18)/b3-2+,7-6+,11-10+,15-14+. The summed E-state index contributed by atoms with van der Waals surface area (Å²) in [6.45, 7) is 2.04. The predicted octanol–water partition coefficient (Wildman–Crippen LogP) is 4.66. The Morgan fingerprint density at radius 2 is 1.17 bits per heavy atom. The maximum absolute atomic E-state index is 10.2. The summed E-state index contributed by atoms with van der Waals surface area (Å²) in [5, 5.41) is 8.37. The quantitative estimate of drug-likeness (QED) is 0.347. The number of allylic oxidation sites excluding steroid dienone is 7. The summed E-state index contributed by atoms with van der Waals surface area (Å²) in [6, 6.07) is 0. The molecule has 1 N–H and O–H groups in total. The lowest BCUT2D eigenvalue weighted by atomic mass is 10.2. The van der Waals surface area contributed by atoms with Crippen molar-refractivity contribution in [1.29, 1.82) is 0 Å². The molecule has 0 aliphatic heterocycles. The number of carboxylic acid groups (broad SMARTS) is 1. The second-order valence-electron chi connectivity index (χ2n) is 3.98. The van der Waals surface area contributed by atoms with Gasteiger partial charge in [0.1, 0.15) is 0 Å². The third kappa shape index (κ3) is 14.4. The largest absolute Gasteiger partial charge is 0.478 e. The molecule has 0 aromatic heterocycles. The van der Waals surface area contributed by atoms with E-state index in [0.717, 1.165) is 38.5 Å². The van der Waals surface area contributed by atoms with E-state index in [1.165, 1.54) is 6.08 Å². The van der Waals surface area contributed by atoms with Crippen molar-refractivity contribution < 1.29 is 9.90 Å². The Hall–Kier alpha value is -1.57. The van der Waals surface area contributed by atoms with Crippen LogP contribution in [0.2, 0.25) is 0 Å². The van der Waals surface area contributed by atoms with Crippen molar-refractivity contribution in [3.8, 4) is 0 Å². The van der Waals surface area contributed by atoms with Crippen LogP contribution in [0, 0.1) is 0 Å². The third-order valence-electron chi connectivity index (χ3n) is 2.33. The van der Waals surface area contributed by atoms with Crippen LogP contribution in [0.15, 0.2) is 48.6 Å². The SMILES string of the molecule is C/C=C/CC/C=C/CC/C=C/CC/C=C/C(=O)O. The fraction of sp³-hybridized carbons (Fsp3) is 0.438. The highest BCUT2D eigenvalue weighted by Gasteiger charge is 1.83. The molecule has 0 aliphatic carbocycles. The monoisotopic (exact) mass is 248 g/mol. The van der Waals surface area contributed by atoms with E-state index >= 15 is 0 Å². The van der Waals surface area contributed by atoms with Gasteiger partial charge in [0.05, 0.1) is 0 Å². The Labute approximate surface area is 110 Å². The van der Waals surface area contributed by atoms with Crippen LogP contribution in [0.5, 0.6) is 0 Å². The molecule has 0 saturated heterocycles. The summed E-state index contributed by atoms with van der Waals surface area (Å²) in [6.07, 6.45) is 21.9. The zero-order valence-electron chi connectivity index (χ0n) is 11.2. The average molecular weight is 248 g/mol. The molecule has 0 fully saturated rings. The van der Waals surface area contributed by atoms with Crippen molar-refractivity contribution in [2.45, 2.75) is 45.4 Å². The van der Waals surface area contributed by atoms with Crippen LogP contribution in [-0.2, 0) is 4.79 Å². The predicted molar refractivity (Wildman–Crippen MR) is 77.6 cm³/mol. The van der Waals surface area contributed by atoms with E-state index in [1.807, 2.05) is 6.92 Å². The van der Waals surface area contributed by atoms with Crippen molar-refractivity contribution in [2.75, 3.05) is 0 Å². The second kappa shape index (κ2) is 13.5. The highest BCUT2D eigenvalue weighted by Crippen LogP contribution is 1.99. The molecule has 2 nitrogen and oxygen atoms in total. The molecule has 0 bridgehead atoms. The smallest absolute Gasteiger partial charge is 0.327 e. The number of hydrogen-bond donors (Lipinski definition) is 1. The van der Waals surface area contributed by atoms with Crippen molar-refractivity contribution in [3.63, 3.8) is 0 Å². The zero-order valence-corrected chi connectivity index (χ0v) is 11.2. The molecule has 18 heavy (non-hydrogen) atoms. The molecule has 0 aromatic carbocycles. The lowest BCUT2D eigenvalue weighted by Gasteiger charge is -1.89. The Kier molecular flexibility index (Phi) is 12.3. The van der Waals surface area contributed by atoms with Crippen LogP contribution in [0.3, 0.4) is 0 Å². The topological polar surface area (TPSA) is 37.3 Å². The highest BCUT2D eigenvalue weighted by molar-refractivity contribution is 5.79. The van der Waals surface area contributed by atoms with Gasteiger partial charge >= 0.3 is 5.97 Å². The van der Waals surface area contributed by atoms with E-state index in [1.54, 1.807) is 6.08 Å². The molecular weight excluding hydrogens is 224 g/mol. The average Bonchev–Trinajstić information content (AvgIpc) is 2.34. The van der Waals surface area contributed by atoms with Gasteiger partial charge in [-0.3, -0.25) is 0 Å². The van der Waals surface area contributed by atoms with Gasteiger partial charge in [-0.05, 0) is 45.4 Å². The van der Waals surface area contributed by atoms with Crippen molar-refractivity contribution in [3.05, 3.63) is 48.6 Å². The molecule has 0 spiro atoms. The maximum Gasteiger partial charge on any atom is 0.327 e. The summed E-state index contributed by atoms with van der Waals surface area (Å²) in [4.78, 5) is 10.2. The van der Waals surface area contributed by atoms with Crippen LogP contribution >= 0.6 is 0 Å². The molecule has 0 rings (SSSR count). The fourth-order valence-corrected chi connectivity index (χ4v) is 1.40. The third-order valence-corrected chi connectivity index (χ3v) is 2.33. The molecule has 0 amide bonds. The normalized spacial score (nSPS) is 12.5. The van der Waals surface area contributed by atoms with Gasteiger partial charge in [-0.2, -0.15) is 0 Å². The Bertz CT molecular complexity index is 309. The molecule has 0 heterocycles. The van der Waals surface area contributed by atoms with Gasteiger partial charge in [0.2, 0.25) is 0 Å². The van der Waals surface area contributed by atoms with Crippen LogP contribution < -0.4 is 0 Å². The number of aliphatic carboxylic acids is 1. The number of rotatable bonds is 10. The van der Waals surface area contributed by atoms with E-state index in [9.17, 15) is 4.79 Å². The summed E-state index contributed by atoms with van der Waals surface area (Å²) in [7, 11) is 0. The van der Waals surface area contributed by atoms with Gasteiger partial charge in [0.25, 0.3) is 0 Å².